The summed E-state index contributed by atoms with van der Waals surface area (Å²) in [6.07, 6.45) is -2.31. The molecule has 0 bridgehead atoms. The first-order valence-corrected chi connectivity index (χ1v) is 9.76. The van der Waals surface area contributed by atoms with Crippen LogP contribution in [0.2, 0.25) is 0 Å². The first-order valence-electron chi connectivity index (χ1n) is 9.76. The largest absolute Gasteiger partial charge is 0.490 e. The van der Waals surface area contributed by atoms with Crippen molar-refractivity contribution in [3.63, 3.8) is 0 Å². The zero-order valence-electron chi connectivity index (χ0n) is 16.7. The fourth-order valence-electron chi connectivity index (χ4n) is 3.52. The van der Waals surface area contributed by atoms with Gasteiger partial charge in [0.25, 0.3) is 0 Å². The van der Waals surface area contributed by atoms with E-state index in [1.54, 1.807) is 0 Å². The van der Waals surface area contributed by atoms with Crippen LogP contribution in [0.3, 0.4) is 0 Å². The molecule has 1 fully saturated rings. The molecule has 1 aromatic heterocycles. The van der Waals surface area contributed by atoms with E-state index in [1.807, 2.05) is 17.8 Å². The minimum Gasteiger partial charge on any atom is -0.475 e. The molecule has 0 radical (unpaired) electrons. The second-order valence-corrected chi connectivity index (χ2v) is 7.68. The number of alkyl halides is 3. The van der Waals surface area contributed by atoms with Crippen LogP contribution >= 0.6 is 0 Å². The van der Waals surface area contributed by atoms with Crippen molar-refractivity contribution in [1.82, 2.24) is 19.9 Å². The number of hydrogen-bond donors (Lipinski definition) is 1. The van der Waals surface area contributed by atoms with Gasteiger partial charge >= 0.3 is 12.1 Å². The number of benzene rings is 1. The van der Waals surface area contributed by atoms with E-state index in [9.17, 15) is 13.2 Å². The summed E-state index contributed by atoms with van der Waals surface area (Å²) in [5.41, 5.74) is 3.61. The third-order valence-electron chi connectivity index (χ3n) is 5.07. The van der Waals surface area contributed by atoms with Crippen molar-refractivity contribution in [3.8, 4) is 0 Å². The Bertz CT molecular complexity index is 838. The highest BCUT2D eigenvalue weighted by Crippen LogP contribution is 2.33. The van der Waals surface area contributed by atoms with Crippen molar-refractivity contribution in [1.29, 1.82) is 0 Å². The maximum Gasteiger partial charge on any atom is 0.490 e. The van der Waals surface area contributed by atoms with Crippen molar-refractivity contribution in [2.24, 2.45) is 13.0 Å². The molecule has 1 atom stereocenters. The lowest BCUT2D eigenvalue weighted by Gasteiger charge is -2.32. The topological polar surface area (TPSA) is 80.5 Å². The lowest BCUT2D eigenvalue weighted by molar-refractivity contribution is -0.192. The molecule has 1 N–H and O–H groups in total. The highest BCUT2D eigenvalue weighted by molar-refractivity contribution is 5.73. The van der Waals surface area contributed by atoms with E-state index >= 15 is 0 Å². The van der Waals surface area contributed by atoms with E-state index in [0.717, 1.165) is 31.3 Å². The number of aromatic nitrogens is 3. The molecule has 7 nitrogen and oxygen atoms in total. The van der Waals surface area contributed by atoms with Gasteiger partial charge in [-0.15, -0.1) is 5.10 Å². The first kappa shape index (κ1) is 22.2. The van der Waals surface area contributed by atoms with Crippen LogP contribution in [-0.4, -0.2) is 56.8 Å². The van der Waals surface area contributed by atoms with Crippen LogP contribution in [0.15, 0.2) is 30.3 Å². The van der Waals surface area contributed by atoms with Gasteiger partial charge in [-0.2, -0.15) is 13.2 Å². The number of carboxylic acid groups (broad SMARTS) is 1. The predicted octanol–water partition coefficient (Wildman–Crippen LogP) is 2.97. The van der Waals surface area contributed by atoms with Gasteiger partial charge in [0, 0.05) is 32.6 Å². The van der Waals surface area contributed by atoms with E-state index in [-0.39, 0.29) is 0 Å². The SMILES string of the molecule is Cn1nnc2c1C(COCc1ccccc1)CN(CC1CC1)C2.O=C(O)C(F)(F)F. The van der Waals surface area contributed by atoms with Crippen LogP contribution < -0.4 is 0 Å². The predicted molar refractivity (Wildman–Crippen MR) is 102 cm³/mol. The Morgan fingerprint density at radius 2 is 1.93 bits per heavy atom. The third kappa shape index (κ3) is 6.27. The first-order chi connectivity index (χ1) is 14.2. The molecule has 164 valence electrons. The Morgan fingerprint density at radius 3 is 2.53 bits per heavy atom. The number of aliphatic carboxylic acids is 1. The van der Waals surface area contributed by atoms with Gasteiger partial charge in [-0.3, -0.25) is 9.58 Å². The van der Waals surface area contributed by atoms with E-state index in [1.165, 1.54) is 30.6 Å². The van der Waals surface area contributed by atoms with Gasteiger partial charge in [0.1, 0.15) is 5.69 Å². The molecule has 2 heterocycles. The summed E-state index contributed by atoms with van der Waals surface area (Å²) in [5, 5.41) is 15.7. The van der Waals surface area contributed by atoms with Crippen molar-refractivity contribution < 1.29 is 27.8 Å². The Morgan fingerprint density at radius 1 is 1.27 bits per heavy atom. The summed E-state index contributed by atoms with van der Waals surface area (Å²) in [6.45, 7) is 4.59. The van der Waals surface area contributed by atoms with E-state index in [4.69, 9.17) is 14.6 Å². The Hall–Kier alpha value is -2.46. The summed E-state index contributed by atoms with van der Waals surface area (Å²) in [6, 6.07) is 10.4. The molecule has 30 heavy (non-hydrogen) atoms. The standard InChI is InChI=1S/C18H24N4O.C2HF3O2/c1-21-18-16(13-23-12-15-5-3-2-4-6-15)10-22(9-14-7-8-14)11-17(18)19-20-21;3-2(4,5)1(6)7/h2-6,14,16H,7-13H2,1H3;(H,6,7). The van der Waals surface area contributed by atoms with Crippen molar-refractivity contribution >= 4 is 5.97 Å². The van der Waals surface area contributed by atoms with E-state index in [2.05, 4.69) is 39.5 Å². The second-order valence-electron chi connectivity index (χ2n) is 7.68. The Kier molecular flexibility index (Phi) is 7.09. The van der Waals surface area contributed by atoms with Gasteiger partial charge in [0.15, 0.2) is 0 Å². The van der Waals surface area contributed by atoms with Gasteiger partial charge in [0.2, 0.25) is 0 Å². The molecule has 1 unspecified atom stereocenters. The van der Waals surface area contributed by atoms with Gasteiger partial charge in [-0.05, 0) is 24.3 Å². The van der Waals surface area contributed by atoms with Gasteiger partial charge in [0.05, 0.1) is 18.9 Å². The third-order valence-corrected chi connectivity index (χ3v) is 5.07. The molecule has 1 aromatic carbocycles. The van der Waals surface area contributed by atoms with Crippen LogP contribution in [0.4, 0.5) is 13.2 Å². The number of carboxylic acids is 1. The van der Waals surface area contributed by atoms with E-state index < -0.39 is 12.1 Å². The fourth-order valence-corrected chi connectivity index (χ4v) is 3.52. The lowest BCUT2D eigenvalue weighted by atomic mass is 9.98. The van der Waals surface area contributed by atoms with Gasteiger partial charge < -0.3 is 9.84 Å². The highest BCUT2D eigenvalue weighted by Gasteiger charge is 2.38. The lowest BCUT2D eigenvalue weighted by Crippen LogP contribution is -2.37. The van der Waals surface area contributed by atoms with Crippen LogP contribution in [0.5, 0.6) is 0 Å². The number of hydrogen-bond acceptors (Lipinski definition) is 5. The molecule has 4 rings (SSSR count). The number of halogens is 3. The molecule has 0 saturated heterocycles. The second kappa shape index (κ2) is 9.57. The number of ether oxygens (including phenoxy) is 1. The molecular formula is C20H25F3N4O3. The normalized spacial score (nSPS) is 19.0. The minimum absolute atomic E-state index is 0.362. The van der Waals surface area contributed by atoms with Crippen LogP contribution in [0, 0.1) is 5.92 Å². The zero-order chi connectivity index (χ0) is 21.7. The smallest absolute Gasteiger partial charge is 0.475 e. The fraction of sp³-hybridized carbons (Fsp3) is 0.550. The summed E-state index contributed by atoms with van der Waals surface area (Å²) in [7, 11) is 1.99. The van der Waals surface area contributed by atoms with Crippen molar-refractivity contribution in [3.05, 3.63) is 47.3 Å². The molecule has 0 amide bonds. The number of rotatable bonds is 6. The zero-order valence-corrected chi connectivity index (χ0v) is 16.7. The van der Waals surface area contributed by atoms with Crippen LogP contribution in [0.25, 0.3) is 0 Å². The maximum atomic E-state index is 10.6. The molecule has 1 saturated carbocycles. The average Bonchev–Trinajstić information content (AvgIpc) is 3.43. The summed E-state index contributed by atoms with van der Waals surface area (Å²) >= 11 is 0. The summed E-state index contributed by atoms with van der Waals surface area (Å²) in [4.78, 5) is 11.4. The quantitative estimate of drug-likeness (QED) is 0.765. The highest BCUT2D eigenvalue weighted by atomic mass is 19.4. The summed E-state index contributed by atoms with van der Waals surface area (Å²) < 4.78 is 39.7. The number of nitrogens with zero attached hydrogens (tertiary/aromatic N) is 4. The molecule has 2 aromatic rings. The molecular weight excluding hydrogens is 401 g/mol. The molecule has 10 heteroatoms. The van der Waals surface area contributed by atoms with Crippen molar-refractivity contribution in [2.75, 3.05) is 19.7 Å². The molecule has 1 aliphatic carbocycles. The van der Waals surface area contributed by atoms with Gasteiger partial charge in [-0.1, -0.05) is 35.5 Å². The van der Waals surface area contributed by atoms with Crippen molar-refractivity contribution in [2.45, 2.75) is 38.1 Å². The average molecular weight is 426 g/mol. The monoisotopic (exact) mass is 426 g/mol. The Labute approximate surface area is 172 Å². The minimum atomic E-state index is -5.08. The molecule has 0 spiro atoms. The van der Waals surface area contributed by atoms with E-state index in [0.29, 0.717) is 12.5 Å². The van der Waals surface area contributed by atoms with Gasteiger partial charge in [-0.25, -0.2) is 4.79 Å². The number of fused-ring (bicyclic) bond motifs is 1. The van der Waals surface area contributed by atoms with Crippen LogP contribution in [-0.2, 0) is 29.7 Å². The maximum absolute atomic E-state index is 10.6. The molecule has 2 aliphatic rings. The van der Waals surface area contributed by atoms with Crippen LogP contribution in [0.1, 0.15) is 35.7 Å². The number of carbonyl (C=O) groups is 1. The summed E-state index contributed by atoms with van der Waals surface area (Å²) in [5.74, 6) is -1.49. The Balaban J connectivity index is 0.000000318. The number of aryl methyl sites for hydroxylation is 1. The molecule has 1 aliphatic heterocycles.